The van der Waals surface area contributed by atoms with Gasteiger partial charge in [-0.05, 0) is 20.3 Å². The Morgan fingerprint density at radius 1 is 1.32 bits per heavy atom. The lowest BCUT2D eigenvalue weighted by Gasteiger charge is -2.26. The van der Waals surface area contributed by atoms with Crippen molar-refractivity contribution in [3.63, 3.8) is 0 Å². The van der Waals surface area contributed by atoms with Crippen LogP contribution in [0.3, 0.4) is 0 Å². The molecule has 0 spiro atoms. The van der Waals surface area contributed by atoms with E-state index in [4.69, 9.17) is 9.84 Å². The van der Waals surface area contributed by atoms with Gasteiger partial charge in [-0.15, -0.1) is 6.58 Å². The number of hydrogen-bond donors (Lipinski definition) is 4. The Morgan fingerprint density at radius 2 is 2.00 bits per heavy atom. The summed E-state index contributed by atoms with van der Waals surface area (Å²) in [5.74, 6) is -1.07. The summed E-state index contributed by atoms with van der Waals surface area (Å²) in [4.78, 5) is 24.0. The molecule has 0 saturated heterocycles. The zero-order valence-electron chi connectivity index (χ0n) is 13.4. The lowest BCUT2D eigenvalue weighted by Crippen LogP contribution is -2.49. The molecule has 0 aliphatic heterocycles. The fraction of sp³-hybridized carbons (Fsp3) is 0.733. The Labute approximate surface area is 131 Å². The average molecular weight is 316 g/mol. The van der Waals surface area contributed by atoms with E-state index in [1.54, 1.807) is 19.9 Å². The van der Waals surface area contributed by atoms with Crippen LogP contribution in [0.25, 0.3) is 0 Å². The highest BCUT2D eigenvalue weighted by molar-refractivity contribution is 5.86. The number of aliphatic hydroxyl groups is 2. The predicted octanol–water partition coefficient (Wildman–Crippen LogP) is -0.419. The maximum absolute atomic E-state index is 12.2. The van der Waals surface area contributed by atoms with Crippen molar-refractivity contribution in [2.24, 2.45) is 5.92 Å². The van der Waals surface area contributed by atoms with Gasteiger partial charge in [0.05, 0.1) is 37.9 Å². The second-order valence-corrected chi connectivity index (χ2v) is 5.64. The van der Waals surface area contributed by atoms with Crippen LogP contribution in [0.1, 0.15) is 26.7 Å². The van der Waals surface area contributed by atoms with Crippen LogP contribution in [0, 0.1) is 5.92 Å². The molecule has 128 valence electrons. The average Bonchev–Trinajstić information content (AvgIpc) is 2.46. The summed E-state index contributed by atoms with van der Waals surface area (Å²) in [5, 5.41) is 23.1. The number of aliphatic hydroxyl groups excluding tert-OH is 2. The van der Waals surface area contributed by atoms with Crippen molar-refractivity contribution in [2.75, 3.05) is 33.0 Å². The third-order valence-electron chi connectivity index (χ3n) is 2.91. The van der Waals surface area contributed by atoms with Gasteiger partial charge in [-0.2, -0.15) is 0 Å². The highest BCUT2D eigenvalue weighted by Gasteiger charge is 2.26. The summed E-state index contributed by atoms with van der Waals surface area (Å²) in [5.41, 5.74) is -0.731. The topological polar surface area (TPSA) is 108 Å². The zero-order valence-corrected chi connectivity index (χ0v) is 13.4. The second-order valence-electron chi connectivity index (χ2n) is 5.64. The number of allylic oxidation sites excluding steroid dienone is 1. The molecule has 7 nitrogen and oxygen atoms in total. The zero-order chi connectivity index (χ0) is 17.0. The first-order valence-electron chi connectivity index (χ1n) is 7.35. The number of carbonyl (C=O) groups is 2. The summed E-state index contributed by atoms with van der Waals surface area (Å²) in [7, 11) is 0. The monoisotopic (exact) mass is 316 g/mol. The number of nitrogens with one attached hydrogen (secondary N) is 2. The van der Waals surface area contributed by atoms with Crippen LogP contribution in [0.5, 0.6) is 0 Å². The van der Waals surface area contributed by atoms with Crippen LogP contribution in [0.2, 0.25) is 0 Å². The number of carbonyl (C=O) groups excluding carboxylic acids is 2. The standard InChI is InChI=1S/C15H28N2O5/c1-4-5-12(14(21)17-15(2,3)11-19)10-13(20)16-6-8-22-9-7-18/h4,12,18-19H,1,5-11H2,2-3H3,(H,16,20)(H,17,21)/t12-/m0/s1. The summed E-state index contributed by atoms with van der Waals surface area (Å²) in [6, 6.07) is 0. The minimum Gasteiger partial charge on any atom is -0.394 e. The molecule has 1 atom stereocenters. The fourth-order valence-electron chi connectivity index (χ4n) is 1.68. The van der Waals surface area contributed by atoms with Gasteiger partial charge in [-0.25, -0.2) is 0 Å². The molecule has 0 unspecified atom stereocenters. The van der Waals surface area contributed by atoms with E-state index < -0.39 is 11.5 Å². The number of hydrogen-bond acceptors (Lipinski definition) is 5. The normalized spacial score (nSPS) is 12.5. The van der Waals surface area contributed by atoms with Crippen LogP contribution in [0.15, 0.2) is 12.7 Å². The molecule has 22 heavy (non-hydrogen) atoms. The molecule has 7 heteroatoms. The second kappa shape index (κ2) is 11.2. The van der Waals surface area contributed by atoms with Crippen LogP contribution in [-0.2, 0) is 14.3 Å². The molecule has 0 aromatic carbocycles. The van der Waals surface area contributed by atoms with Crippen molar-refractivity contribution < 1.29 is 24.5 Å². The third-order valence-corrected chi connectivity index (χ3v) is 2.91. The molecular formula is C15H28N2O5. The van der Waals surface area contributed by atoms with Gasteiger partial charge in [0.15, 0.2) is 0 Å². The highest BCUT2D eigenvalue weighted by Crippen LogP contribution is 2.12. The Bertz CT molecular complexity index is 358. The number of ether oxygens (including phenoxy) is 1. The van der Waals surface area contributed by atoms with Gasteiger partial charge in [0.2, 0.25) is 11.8 Å². The molecule has 2 amide bonds. The van der Waals surface area contributed by atoms with Gasteiger partial charge in [0, 0.05) is 13.0 Å². The number of rotatable bonds is 12. The lowest BCUT2D eigenvalue weighted by molar-refractivity contribution is -0.131. The maximum atomic E-state index is 12.2. The Kier molecular flexibility index (Phi) is 10.4. The molecular weight excluding hydrogens is 288 g/mol. The molecule has 0 fully saturated rings. The Hall–Kier alpha value is -1.44. The van der Waals surface area contributed by atoms with E-state index in [1.807, 2.05) is 0 Å². The van der Waals surface area contributed by atoms with Gasteiger partial charge in [-0.3, -0.25) is 9.59 Å². The molecule has 0 aliphatic rings. The van der Waals surface area contributed by atoms with E-state index in [0.717, 1.165) is 0 Å². The van der Waals surface area contributed by atoms with E-state index in [0.29, 0.717) is 19.6 Å². The van der Waals surface area contributed by atoms with Crippen molar-refractivity contribution in [3.05, 3.63) is 12.7 Å². The van der Waals surface area contributed by atoms with E-state index in [1.165, 1.54) is 0 Å². The summed E-state index contributed by atoms with van der Waals surface area (Å²) in [6.07, 6.45) is 2.01. The van der Waals surface area contributed by atoms with E-state index in [-0.39, 0.29) is 38.1 Å². The van der Waals surface area contributed by atoms with Crippen molar-refractivity contribution >= 4 is 11.8 Å². The van der Waals surface area contributed by atoms with E-state index in [2.05, 4.69) is 17.2 Å². The van der Waals surface area contributed by atoms with Gasteiger partial charge in [0.25, 0.3) is 0 Å². The first-order chi connectivity index (χ1) is 10.4. The van der Waals surface area contributed by atoms with Crippen LogP contribution >= 0.6 is 0 Å². The number of amides is 2. The van der Waals surface area contributed by atoms with Crippen LogP contribution < -0.4 is 10.6 Å². The van der Waals surface area contributed by atoms with Crippen molar-refractivity contribution in [3.8, 4) is 0 Å². The largest absolute Gasteiger partial charge is 0.394 e. The van der Waals surface area contributed by atoms with Crippen molar-refractivity contribution in [2.45, 2.75) is 32.2 Å². The molecule has 0 aromatic heterocycles. The summed E-state index contributed by atoms with van der Waals surface area (Å²) < 4.78 is 5.03. The molecule has 4 N–H and O–H groups in total. The van der Waals surface area contributed by atoms with Crippen LogP contribution in [-0.4, -0.2) is 60.5 Å². The molecule has 0 aliphatic carbocycles. The molecule has 0 bridgehead atoms. The fourth-order valence-corrected chi connectivity index (χ4v) is 1.68. The van der Waals surface area contributed by atoms with Crippen molar-refractivity contribution in [1.82, 2.24) is 10.6 Å². The predicted molar refractivity (Wildman–Crippen MR) is 83.1 cm³/mol. The highest BCUT2D eigenvalue weighted by atomic mass is 16.5. The van der Waals surface area contributed by atoms with Crippen molar-refractivity contribution in [1.29, 1.82) is 0 Å². The van der Waals surface area contributed by atoms with E-state index in [9.17, 15) is 14.7 Å². The van der Waals surface area contributed by atoms with E-state index >= 15 is 0 Å². The first kappa shape index (κ1) is 20.6. The minimum absolute atomic E-state index is 0.0410. The minimum atomic E-state index is -0.731. The van der Waals surface area contributed by atoms with Crippen LogP contribution in [0.4, 0.5) is 0 Å². The SMILES string of the molecule is C=CC[C@@H](CC(=O)NCCOCCO)C(=O)NC(C)(C)CO. The molecule has 0 rings (SSSR count). The van der Waals surface area contributed by atoms with Gasteiger partial charge in [-0.1, -0.05) is 6.08 Å². The molecule has 0 heterocycles. The molecule has 0 radical (unpaired) electrons. The van der Waals surface area contributed by atoms with Gasteiger partial charge in [0.1, 0.15) is 0 Å². The van der Waals surface area contributed by atoms with Gasteiger partial charge < -0.3 is 25.6 Å². The van der Waals surface area contributed by atoms with Gasteiger partial charge >= 0.3 is 0 Å². The summed E-state index contributed by atoms with van der Waals surface area (Å²) >= 11 is 0. The summed E-state index contributed by atoms with van der Waals surface area (Å²) in [6.45, 7) is 7.62. The first-order valence-corrected chi connectivity index (χ1v) is 7.35. The smallest absolute Gasteiger partial charge is 0.224 e. The maximum Gasteiger partial charge on any atom is 0.224 e. The molecule has 0 saturated carbocycles. The Balaban J connectivity index is 4.29. The third kappa shape index (κ3) is 9.49. The quantitative estimate of drug-likeness (QED) is 0.289. The lowest BCUT2D eigenvalue weighted by atomic mass is 9.97. The Morgan fingerprint density at radius 3 is 2.55 bits per heavy atom. The molecule has 0 aromatic rings.